The maximum atomic E-state index is 14.3. The van der Waals surface area contributed by atoms with E-state index in [1.807, 2.05) is 0 Å². The molecule has 1 aliphatic carbocycles. The second-order valence-electron chi connectivity index (χ2n) is 9.22. The van der Waals surface area contributed by atoms with Crippen LogP contribution in [0.4, 0.5) is 23.4 Å². The monoisotopic (exact) mass is 501 g/mol. The lowest BCUT2D eigenvalue weighted by Gasteiger charge is -2.21. The lowest BCUT2D eigenvalue weighted by atomic mass is 9.86. The van der Waals surface area contributed by atoms with Crippen LogP contribution in [0.2, 0.25) is 0 Å². The Morgan fingerprint density at radius 2 is 1.67 bits per heavy atom. The molecule has 1 heterocycles. The Kier molecular flexibility index (Phi) is 7.86. The van der Waals surface area contributed by atoms with Crippen LogP contribution < -0.4 is 5.32 Å². The van der Waals surface area contributed by atoms with E-state index in [0.717, 1.165) is 31.7 Å². The molecule has 1 fully saturated rings. The third-order valence-corrected chi connectivity index (χ3v) is 6.74. The number of aryl methyl sites for hydroxylation is 1. The number of carbonyl (C=O) groups is 1. The van der Waals surface area contributed by atoms with Gasteiger partial charge in [0.2, 0.25) is 5.91 Å². The van der Waals surface area contributed by atoms with Crippen molar-refractivity contribution in [3.63, 3.8) is 0 Å². The van der Waals surface area contributed by atoms with Gasteiger partial charge in [-0.3, -0.25) is 4.79 Å². The second-order valence-corrected chi connectivity index (χ2v) is 9.22. The van der Waals surface area contributed by atoms with Crippen LogP contribution in [0.25, 0.3) is 11.3 Å². The summed E-state index contributed by atoms with van der Waals surface area (Å²) in [6.07, 6.45) is 8.04. The number of amides is 1. The normalized spacial score (nSPS) is 14.1. The van der Waals surface area contributed by atoms with E-state index < -0.39 is 46.7 Å². The summed E-state index contributed by atoms with van der Waals surface area (Å²) in [5, 5.41) is 12.1. The fourth-order valence-electron chi connectivity index (χ4n) is 4.63. The molecule has 0 atom stereocenters. The summed E-state index contributed by atoms with van der Waals surface area (Å²) in [5.41, 5.74) is 0.797. The van der Waals surface area contributed by atoms with E-state index >= 15 is 0 Å². The Labute approximate surface area is 206 Å². The molecule has 0 bridgehead atoms. The van der Waals surface area contributed by atoms with Crippen molar-refractivity contribution in [2.45, 2.75) is 58.3 Å². The summed E-state index contributed by atoms with van der Waals surface area (Å²) < 4.78 is 55.4. The van der Waals surface area contributed by atoms with Gasteiger partial charge in [0, 0.05) is 11.1 Å². The molecule has 9 heteroatoms. The quantitative estimate of drug-likeness (QED) is 0.223. The lowest BCUT2D eigenvalue weighted by Crippen LogP contribution is -2.20. The molecule has 5 nitrogen and oxygen atoms in total. The molecule has 0 radical (unpaired) electrons. The van der Waals surface area contributed by atoms with E-state index in [9.17, 15) is 27.5 Å². The minimum absolute atomic E-state index is 0.115. The van der Waals surface area contributed by atoms with Gasteiger partial charge in [0.1, 0.15) is 5.75 Å². The summed E-state index contributed by atoms with van der Waals surface area (Å²) in [6.45, 7) is 1.09. The summed E-state index contributed by atoms with van der Waals surface area (Å²) in [6, 6.07) is 6.47. The Balaban J connectivity index is 1.58. The molecule has 4 rings (SSSR count). The molecule has 0 aliphatic heterocycles. The number of hydrogen-bond donors (Lipinski definition) is 2. The average molecular weight is 502 g/mol. The number of phenols is 1. The first-order valence-corrected chi connectivity index (χ1v) is 12.0. The van der Waals surface area contributed by atoms with Crippen molar-refractivity contribution < 1.29 is 27.5 Å². The fraction of sp³-hybridized carbons (Fsp3) is 0.370. The smallest absolute Gasteiger partial charge is 0.230 e. The zero-order valence-electron chi connectivity index (χ0n) is 19.9. The highest BCUT2D eigenvalue weighted by atomic mass is 19.2. The van der Waals surface area contributed by atoms with Gasteiger partial charge in [-0.15, -0.1) is 0 Å². The molecule has 36 heavy (non-hydrogen) atoms. The third-order valence-electron chi connectivity index (χ3n) is 6.74. The molecule has 0 spiro atoms. The molecular weight excluding hydrogens is 474 g/mol. The molecular formula is C27H27F4N3O2. The number of halogens is 4. The van der Waals surface area contributed by atoms with Gasteiger partial charge in [-0.25, -0.2) is 27.5 Å². The molecule has 1 aromatic heterocycles. The topological polar surface area (TPSA) is 75.1 Å². The van der Waals surface area contributed by atoms with E-state index in [0.29, 0.717) is 23.7 Å². The number of nitrogens with zero attached hydrogens (tertiary/aromatic N) is 2. The predicted molar refractivity (Wildman–Crippen MR) is 127 cm³/mol. The van der Waals surface area contributed by atoms with Gasteiger partial charge < -0.3 is 10.4 Å². The van der Waals surface area contributed by atoms with Crippen LogP contribution >= 0.6 is 0 Å². The SMILES string of the molecule is Cc1c(F)c(F)c(F)c(F)c1CC(=O)Nc1ncc(-c2ccc(O)cc2)nc1CCC1CCCCC1. The summed E-state index contributed by atoms with van der Waals surface area (Å²) in [4.78, 5) is 21.8. The minimum atomic E-state index is -1.95. The van der Waals surface area contributed by atoms with E-state index in [2.05, 4.69) is 15.3 Å². The molecule has 3 aromatic rings. The first kappa shape index (κ1) is 25.6. The Morgan fingerprint density at radius 1 is 1.00 bits per heavy atom. The van der Waals surface area contributed by atoms with E-state index in [1.54, 1.807) is 12.1 Å². The molecule has 0 saturated heterocycles. The minimum Gasteiger partial charge on any atom is -0.508 e. The van der Waals surface area contributed by atoms with Gasteiger partial charge in [-0.2, -0.15) is 0 Å². The number of carbonyl (C=O) groups excluding carboxylic acids is 1. The van der Waals surface area contributed by atoms with Crippen LogP contribution in [0.15, 0.2) is 30.5 Å². The Bertz CT molecular complexity index is 1230. The van der Waals surface area contributed by atoms with Crippen LogP contribution in [0.3, 0.4) is 0 Å². The van der Waals surface area contributed by atoms with Crippen LogP contribution in [-0.4, -0.2) is 21.0 Å². The van der Waals surface area contributed by atoms with Gasteiger partial charge in [-0.1, -0.05) is 32.1 Å². The molecule has 190 valence electrons. The number of aromatic hydroxyl groups is 1. The predicted octanol–water partition coefficient (Wildman–Crippen LogP) is 6.41. The molecule has 2 N–H and O–H groups in total. The average Bonchev–Trinajstić information content (AvgIpc) is 2.89. The summed E-state index contributed by atoms with van der Waals surface area (Å²) in [7, 11) is 0. The number of nitrogens with one attached hydrogen (secondary N) is 1. The van der Waals surface area contributed by atoms with Gasteiger partial charge in [0.05, 0.1) is 24.0 Å². The van der Waals surface area contributed by atoms with Crippen LogP contribution in [0.5, 0.6) is 5.75 Å². The van der Waals surface area contributed by atoms with Crippen molar-refractivity contribution in [3.8, 4) is 17.0 Å². The maximum Gasteiger partial charge on any atom is 0.230 e. The Hall–Kier alpha value is -3.49. The largest absolute Gasteiger partial charge is 0.508 e. The van der Waals surface area contributed by atoms with E-state index in [4.69, 9.17) is 0 Å². The zero-order chi connectivity index (χ0) is 25.8. The van der Waals surface area contributed by atoms with Crippen molar-refractivity contribution in [3.05, 3.63) is 70.6 Å². The lowest BCUT2D eigenvalue weighted by molar-refractivity contribution is -0.115. The maximum absolute atomic E-state index is 14.3. The highest BCUT2D eigenvalue weighted by Crippen LogP contribution is 2.30. The number of benzene rings is 2. The molecule has 0 unspecified atom stereocenters. The fourth-order valence-corrected chi connectivity index (χ4v) is 4.63. The van der Waals surface area contributed by atoms with Crippen LogP contribution in [0, 0.1) is 36.1 Å². The van der Waals surface area contributed by atoms with Crippen molar-refractivity contribution in [1.29, 1.82) is 0 Å². The number of aromatic nitrogens is 2. The second kappa shape index (κ2) is 11.1. The van der Waals surface area contributed by atoms with E-state index in [-0.39, 0.29) is 11.6 Å². The van der Waals surface area contributed by atoms with Crippen molar-refractivity contribution in [2.75, 3.05) is 5.32 Å². The van der Waals surface area contributed by atoms with Gasteiger partial charge in [-0.05, 0) is 55.5 Å². The molecule has 1 saturated carbocycles. The first-order valence-electron chi connectivity index (χ1n) is 12.0. The zero-order valence-corrected chi connectivity index (χ0v) is 19.9. The molecule has 1 amide bonds. The number of hydrogen-bond acceptors (Lipinski definition) is 4. The standard InChI is InChI=1S/C27H27F4N3O2/c1-15-19(24(29)26(31)25(30)23(15)28)13-22(36)34-27-20(12-7-16-5-3-2-4-6-16)33-21(14-32-27)17-8-10-18(35)11-9-17/h8-11,14,16,35H,2-7,12-13H2,1H3,(H,32,34,36). The number of phenolic OH excluding ortho intramolecular Hbond substituents is 1. The van der Waals surface area contributed by atoms with E-state index in [1.165, 1.54) is 37.6 Å². The van der Waals surface area contributed by atoms with Crippen molar-refractivity contribution in [2.24, 2.45) is 5.92 Å². The van der Waals surface area contributed by atoms with Crippen molar-refractivity contribution in [1.82, 2.24) is 9.97 Å². The summed E-state index contributed by atoms with van der Waals surface area (Å²) in [5.74, 6) is -6.89. The van der Waals surface area contributed by atoms with Gasteiger partial charge in [0.25, 0.3) is 0 Å². The summed E-state index contributed by atoms with van der Waals surface area (Å²) >= 11 is 0. The number of rotatable bonds is 7. The Morgan fingerprint density at radius 3 is 2.36 bits per heavy atom. The highest BCUT2D eigenvalue weighted by molar-refractivity contribution is 5.92. The van der Waals surface area contributed by atoms with Gasteiger partial charge >= 0.3 is 0 Å². The third kappa shape index (κ3) is 5.66. The highest BCUT2D eigenvalue weighted by Gasteiger charge is 2.25. The van der Waals surface area contributed by atoms with Crippen molar-refractivity contribution >= 4 is 11.7 Å². The van der Waals surface area contributed by atoms with Crippen LogP contribution in [0.1, 0.15) is 55.3 Å². The number of anilines is 1. The molecule has 2 aromatic carbocycles. The first-order chi connectivity index (χ1) is 17.2. The molecule has 1 aliphatic rings. The van der Waals surface area contributed by atoms with Gasteiger partial charge in [0.15, 0.2) is 29.1 Å². The van der Waals surface area contributed by atoms with Crippen LogP contribution in [-0.2, 0) is 17.6 Å².